The van der Waals surface area contributed by atoms with Crippen LogP contribution in [0.3, 0.4) is 0 Å². The lowest BCUT2D eigenvalue weighted by atomic mass is 10.1. The molecule has 1 aliphatic rings. The third-order valence-electron chi connectivity index (χ3n) is 5.44. The maximum Gasteiger partial charge on any atom is 0.281 e. The maximum atomic E-state index is 13.4. The zero-order valence-corrected chi connectivity index (χ0v) is 20.5. The van der Waals surface area contributed by atoms with Gasteiger partial charge >= 0.3 is 0 Å². The summed E-state index contributed by atoms with van der Waals surface area (Å²) in [4.78, 5) is 16.4. The number of methoxy groups -OCH3 is 1. The Labute approximate surface area is 209 Å². The Morgan fingerprint density at radius 3 is 2.46 bits per heavy atom. The minimum atomic E-state index is -0.317. The van der Waals surface area contributed by atoms with Crippen molar-refractivity contribution in [3.05, 3.63) is 89.4 Å². The molecule has 3 aromatic rings. The molecule has 0 N–H and O–H groups in total. The summed E-state index contributed by atoms with van der Waals surface area (Å²) in [6, 6.07) is 18.8. The number of hydrogen-bond acceptors (Lipinski definition) is 5. The molecule has 35 heavy (non-hydrogen) atoms. The molecule has 180 valence electrons. The Hall–Kier alpha value is -3.91. The van der Waals surface area contributed by atoms with Crippen molar-refractivity contribution >= 4 is 35.0 Å². The highest BCUT2D eigenvalue weighted by molar-refractivity contribution is 7.80. The largest absolute Gasteiger partial charge is 0.494 e. The predicted octanol–water partition coefficient (Wildman–Crippen LogP) is 5.42. The van der Waals surface area contributed by atoms with Crippen molar-refractivity contribution in [2.75, 3.05) is 25.7 Å². The lowest BCUT2D eigenvalue weighted by Crippen LogP contribution is -2.31. The van der Waals surface area contributed by atoms with Gasteiger partial charge in [-0.25, -0.2) is 4.39 Å². The number of likely N-dealkylation sites (N-methyl/N-ethyl adjacent to an activating group) is 1. The quantitative estimate of drug-likeness (QED) is 0.309. The first kappa shape index (κ1) is 24.2. The van der Waals surface area contributed by atoms with Crippen molar-refractivity contribution in [1.29, 1.82) is 0 Å². The average molecular weight is 493 g/mol. The first-order chi connectivity index (χ1) is 16.9. The molecule has 1 heterocycles. The van der Waals surface area contributed by atoms with Crippen LogP contribution in [0, 0.1) is 5.82 Å². The number of amides is 1. The second kappa shape index (κ2) is 10.6. The van der Waals surface area contributed by atoms with E-state index < -0.39 is 0 Å². The van der Waals surface area contributed by atoms with Gasteiger partial charge in [0.2, 0.25) is 0 Å². The van der Waals surface area contributed by atoms with Gasteiger partial charge in [0.15, 0.2) is 16.6 Å². The molecular weight excluding hydrogens is 467 g/mol. The fourth-order valence-corrected chi connectivity index (χ4v) is 3.97. The van der Waals surface area contributed by atoms with Crippen molar-refractivity contribution in [3.8, 4) is 17.2 Å². The van der Waals surface area contributed by atoms with Gasteiger partial charge in [-0.3, -0.25) is 9.69 Å². The van der Waals surface area contributed by atoms with E-state index in [4.69, 9.17) is 26.4 Å². The van der Waals surface area contributed by atoms with Gasteiger partial charge in [-0.15, -0.1) is 0 Å². The average Bonchev–Trinajstić information content (AvgIpc) is 3.07. The predicted molar refractivity (Wildman–Crippen MR) is 137 cm³/mol. The molecule has 1 fully saturated rings. The Morgan fingerprint density at radius 1 is 1.00 bits per heavy atom. The van der Waals surface area contributed by atoms with Crippen molar-refractivity contribution in [1.82, 2.24) is 4.90 Å². The van der Waals surface area contributed by atoms with Crippen LogP contribution < -0.4 is 19.1 Å². The van der Waals surface area contributed by atoms with E-state index >= 15 is 0 Å². The van der Waals surface area contributed by atoms with Crippen LogP contribution in [0.2, 0.25) is 0 Å². The molecule has 8 heteroatoms. The fourth-order valence-electron chi connectivity index (χ4n) is 3.68. The molecule has 0 aliphatic carbocycles. The number of rotatable bonds is 8. The van der Waals surface area contributed by atoms with E-state index in [1.807, 2.05) is 25.1 Å². The summed E-state index contributed by atoms with van der Waals surface area (Å²) in [5.74, 6) is 1.19. The molecule has 3 aromatic carbocycles. The number of anilines is 1. The van der Waals surface area contributed by atoms with Crippen molar-refractivity contribution in [2.24, 2.45) is 0 Å². The van der Waals surface area contributed by atoms with E-state index in [1.54, 1.807) is 54.4 Å². The molecule has 6 nitrogen and oxygen atoms in total. The van der Waals surface area contributed by atoms with Gasteiger partial charge in [-0.1, -0.05) is 18.2 Å². The lowest BCUT2D eigenvalue weighted by molar-refractivity contribution is -0.114. The summed E-state index contributed by atoms with van der Waals surface area (Å²) in [5.41, 5.74) is 2.54. The van der Waals surface area contributed by atoms with Crippen molar-refractivity contribution < 1.29 is 23.4 Å². The van der Waals surface area contributed by atoms with Gasteiger partial charge in [-0.2, -0.15) is 0 Å². The number of carbonyl (C=O) groups is 1. The highest BCUT2D eigenvalue weighted by Gasteiger charge is 2.36. The normalized spacial score (nSPS) is 14.6. The molecular formula is C27H25FN2O4S. The summed E-state index contributed by atoms with van der Waals surface area (Å²) in [5, 5.41) is 0.382. The van der Waals surface area contributed by atoms with Crippen LogP contribution in [0.5, 0.6) is 17.2 Å². The first-order valence-corrected chi connectivity index (χ1v) is 11.4. The van der Waals surface area contributed by atoms with Crippen molar-refractivity contribution in [2.45, 2.75) is 13.5 Å². The number of hydrogen-bond donors (Lipinski definition) is 0. The number of benzene rings is 3. The molecule has 0 aromatic heterocycles. The molecule has 0 atom stereocenters. The Balaban J connectivity index is 1.55. The molecule has 0 saturated carbocycles. The van der Waals surface area contributed by atoms with Gasteiger partial charge in [0.1, 0.15) is 23.9 Å². The van der Waals surface area contributed by atoms with Gasteiger partial charge in [0.05, 0.1) is 19.4 Å². The summed E-state index contributed by atoms with van der Waals surface area (Å²) in [6.07, 6.45) is 1.75. The van der Waals surface area contributed by atoms with E-state index in [-0.39, 0.29) is 18.3 Å². The third-order valence-corrected chi connectivity index (χ3v) is 5.90. The molecule has 0 unspecified atom stereocenters. The minimum absolute atomic E-state index is 0.196. The number of thiocarbonyl (C=S) groups is 1. The number of ether oxygens (including phenoxy) is 3. The van der Waals surface area contributed by atoms with Crippen LogP contribution in [0.25, 0.3) is 6.08 Å². The van der Waals surface area contributed by atoms with Crippen LogP contribution in [-0.2, 0) is 11.4 Å². The number of halogens is 1. The summed E-state index contributed by atoms with van der Waals surface area (Å²) < 4.78 is 30.2. The van der Waals surface area contributed by atoms with Gasteiger partial charge in [-0.05, 0) is 84.9 Å². The SMILES string of the molecule is CCOc1ccc(N2C(=O)/C(=C/c3ccc(OCc4cccc(F)c4)c(OC)c3)N(C)C2=S)cc1. The summed E-state index contributed by atoms with van der Waals surface area (Å²) >= 11 is 5.55. The van der Waals surface area contributed by atoms with Gasteiger partial charge in [0, 0.05) is 7.05 Å². The van der Waals surface area contributed by atoms with E-state index in [9.17, 15) is 9.18 Å². The Bertz CT molecular complexity index is 1280. The standard InChI is InChI=1S/C27H25FN2O4S/c1-4-33-22-11-9-21(10-12-22)30-26(31)23(29(2)27(30)35)15-18-8-13-24(25(16-18)32-3)34-17-19-6-5-7-20(28)14-19/h5-16H,4,17H2,1-3H3/b23-15-. The smallest absolute Gasteiger partial charge is 0.281 e. The number of nitrogens with zero attached hydrogens (tertiary/aromatic N) is 2. The molecule has 1 aliphatic heterocycles. The van der Waals surface area contributed by atoms with Crippen LogP contribution >= 0.6 is 12.2 Å². The fraction of sp³-hybridized carbons (Fsp3) is 0.185. The lowest BCUT2D eigenvalue weighted by Gasteiger charge is -2.16. The molecule has 0 bridgehead atoms. The zero-order chi connectivity index (χ0) is 24.9. The van der Waals surface area contributed by atoms with Crippen LogP contribution in [0.1, 0.15) is 18.1 Å². The maximum absolute atomic E-state index is 13.4. The van der Waals surface area contributed by atoms with E-state index in [0.29, 0.717) is 40.2 Å². The van der Waals surface area contributed by atoms with Crippen LogP contribution in [0.15, 0.2) is 72.4 Å². The van der Waals surface area contributed by atoms with Crippen LogP contribution in [-0.4, -0.2) is 36.7 Å². The first-order valence-electron chi connectivity index (χ1n) is 11.0. The van der Waals surface area contributed by atoms with E-state index in [1.165, 1.54) is 24.1 Å². The van der Waals surface area contributed by atoms with E-state index in [0.717, 1.165) is 11.3 Å². The Morgan fingerprint density at radius 2 is 1.77 bits per heavy atom. The summed E-state index contributed by atoms with van der Waals surface area (Å²) in [7, 11) is 3.30. The monoisotopic (exact) mass is 492 g/mol. The third kappa shape index (κ3) is 5.27. The second-order valence-corrected chi connectivity index (χ2v) is 8.13. The molecule has 0 spiro atoms. The molecule has 0 radical (unpaired) electrons. The summed E-state index contributed by atoms with van der Waals surface area (Å²) in [6.45, 7) is 2.67. The second-order valence-electron chi connectivity index (χ2n) is 7.77. The van der Waals surface area contributed by atoms with Gasteiger partial charge < -0.3 is 19.1 Å². The van der Waals surface area contributed by atoms with Crippen LogP contribution in [0.4, 0.5) is 10.1 Å². The minimum Gasteiger partial charge on any atom is -0.494 e. The molecule has 1 amide bonds. The molecule has 1 saturated heterocycles. The molecule has 4 rings (SSSR count). The van der Waals surface area contributed by atoms with Gasteiger partial charge in [0.25, 0.3) is 5.91 Å². The number of carbonyl (C=O) groups excluding carboxylic acids is 1. The highest BCUT2D eigenvalue weighted by atomic mass is 32.1. The van der Waals surface area contributed by atoms with Crippen molar-refractivity contribution in [3.63, 3.8) is 0 Å². The highest BCUT2D eigenvalue weighted by Crippen LogP contribution is 2.32. The zero-order valence-electron chi connectivity index (χ0n) is 19.7. The Kier molecular flexibility index (Phi) is 7.31. The topological polar surface area (TPSA) is 51.2 Å². The van der Waals surface area contributed by atoms with E-state index in [2.05, 4.69) is 0 Å².